The highest BCUT2D eigenvalue weighted by Gasteiger charge is 2.38. The molecule has 1 aliphatic heterocycles. The second-order valence-electron chi connectivity index (χ2n) is 4.56. The first kappa shape index (κ1) is 10.9. The van der Waals surface area contributed by atoms with Crippen LogP contribution in [-0.4, -0.2) is 22.6 Å². The SMILES string of the molecule is CC(C(=O)O)C1CCSCC1(C)C. The van der Waals surface area contributed by atoms with Crippen molar-refractivity contribution in [3.63, 3.8) is 0 Å². The number of hydrogen-bond donors (Lipinski definition) is 1. The molecule has 2 nitrogen and oxygen atoms in total. The third-order valence-corrected chi connectivity index (χ3v) is 4.52. The highest BCUT2D eigenvalue weighted by molar-refractivity contribution is 7.99. The van der Waals surface area contributed by atoms with Gasteiger partial charge >= 0.3 is 5.97 Å². The summed E-state index contributed by atoms with van der Waals surface area (Å²) < 4.78 is 0. The molecule has 1 rings (SSSR count). The molecule has 0 spiro atoms. The molecule has 13 heavy (non-hydrogen) atoms. The zero-order valence-corrected chi connectivity index (χ0v) is 9.36. The summed E-state index contributed by atoms with van der Waals surface area (Å²) in [5.41, 5.74) is 0.181. The van der Waals surface area contributed by atoms with Crippen molar-refractivity contribution in [3.8, 4) is 0 Å². The molecular formula is C10H18O2S. The lowest BCUT2D eigenvalue weighted by molar-refractivity contribution is -0.144. The van der Waals surface area contributed by atoms with Crippen molar-refractivity contribution in [2.45, 2.75) is 27.2 Å². The number of carbonyl (C=O) groups is 1. The van der Waals surface area contributed by atoms with Crippen LogP contribution in [0.4, 0.5) is 0 Å². The fraction of sp³-hybridized carbons (Fsp3) is 0.900. The van der Waals surface area contributed by atoms with Gasteiger partial charge in [-0.1, -0.05) is 20.8 Å². The van der Waals surface area contributed by atoms with Gasteiger partial charge in [0.15, 0.2) is 0 Å². The van der Waals surface area contributed by atoms with Crippen molar-refractivity contribution >= 4 is 17.7 Å². The zero-order valence-electron chi connectivity index (χ0n) is 8.54. The largest absolute Gasteiger partial charge is 0.481 e. The van der Waals surface area contributed by atoms with E-state index >= 15 is 0 Å². The van der Waals surface area contributed by atoms with E-state index in [-0.39, 0.29) is 11.3 Å². The molecule has 1 fully saturated rings. The molecule has 76 valence electrons. The predicted molar refractivity (Wildman–Crippen MR) is 56.0 cm³/mol. The van der Waals surface area contributed by atoms with E-state index < -0.39 is 5.97 Å². The third kappa shape index (κ3) is 2.39. The van der Waals surface area contributed by atoms with E-state index in [0.717, 1.165) is 17.9 Å². The van der Waals surface area contributed by atoms with E-state index in [1.165, 1.54) is 0 Å². The van der Waals surface area contributed by atoms with Gasteiger partial charge < -0.3 is 5.11 Å². The third-order valence-electron chi connectivity index (χ3n) is 3.04. The first-order valence-corrected chi connectivity index (χ1v) is 5.91. The second kappa shape index (κ2) is 3.91. The molecule has 0 aromatic carbocycles. The van der Waals surface area contributed by atoms with Gasteiger partial charge in [-0.15, -0.1) is 0 Å². The Labute approximate surface area is 84.1 Å². The fourth-order valence-electron chi connectivity index (χ4n) is 2.14. The van der Waals surface area contributed by atoms with Crippen LogP contribution in [-0.2, 0) is 4.79 Å². The average molecular weight is 202 g/mol. The standard InChI is InChI=1S/C10H18O2S/c1-7(9(11)12)8-4-5-13-6-10(8,2)3/h7-8H,4-6H2,1-3H3,(H,11,12). The maximum Gasteiger partial charge on any atom is 0.306 e. The Kier molecular flexibility index (Phi) is 3.28. The number of aliphatic carboxylic acids is 1. The lowest BCUT2D eigenvalue weighted by Crippen LogP contribution is -2.38. The van der Waals surface area contributed by atoms with Crippen molar-refractivity contribution in [1.82, 2.24) is 0 Å². The van der Waals surface area contributed by atoms with Gasteiger partial charge in [0.2, 0.25) is 0 Å². The molecule has 0 amide bonds. The van der Waals surface area contributed by atoms with Gasteiger partial charge in [-0.05, 0) is 29.3 Å². The Balaban J connectivity index is 2.70. The average Bonchev–Trinajstić information content (AvgIpc) is 2.02. The molecule has 0 radical (unpaired) electrons. The van der Waals surface area contributed by atoms with Crippen molar-refractivity contribution in [1.29, 1.82) is 0 Å². The summed E-state index contributed by atoms with van der Waals surface area (Å²) in [5.74, 6) is 1.70. The molecule has 3 heteroatoms. The van der Waals surface area contributed by atoms with Gasteiger partial charge in [0, 0.05) is 0 Å². The van der Waals surface area contributed by atoms with Crippen LogP contribution in [0.2, 0.25) is 0 Å². The number of hydrogen-bond acceptors (Lipinski definition) is 2. The van der Waals surface area contributed by atoms with Gasteiger partial charge in [0.1, 0.15) is 0 Å². The van der Waals surface area contributed by atoms with E-state index in [4.69, 9.17) is 5.11 Å². The van der Waals surface area contributed by atoms with E-state index in [9.17, 15) is 4.79 Å². The van der Waals surface area contributed by atoms with Crippen molar-refractivity contribution < 1.29 is 9.90 Å². The summed E-state index contributed by atoms with van der Waals surface area (Å²) in [7, 11) is 0. The van der Waals surface area contributed by atoms with Crippen LogP contribution in [0.5, 0.6) is 0 Å². The van der Waals surface area contributed by atoms with Crippen LogP contribution in [0, 0.1) is 17.3 Å². The van der Waals surface area contributed by atoms with Crippen LogP contribution in [0.25, 0.3) is 0 Å². The number of rotatable bonds is 2. The normalized spacial score (nSPS) is 29.6. The predicted octanol–water partition coefficient (Wildman–Crippen LogP) is 2.49. The van der Waals surface area contributed by atoms with Crippen molar-refractivity contribution in [3.05, 3.63) is 0 Å². The highest BCUT2D eigenvalue weighted by atomic mass is 32.2. The fourth-order valence-corrected chi connectivity index (χ4v) is 3.45. The Morgan fingerprint density at radius 1 is 1.62 bits per heavy atom. The smallest absolute Gasteiger partial charge is 0.306 e. The lowest BCUT2D eigenvalue weighted by atomic mass is 9.72. The maximum absolute atomic E-state index is 10.9. The first-order chi connectivity index (χ1) is 5.95. The van der Waals surface area contributed by atoms with Crippen LogP contribution in [0.1, 0.15) is 27.2 Å². The molecule has 1 aliphatic rings. The Morgan fingerprint density at radius 2 is 2.23 bits per heavy atom. The molecule has 1 N–H and O–H groups in total. The monoisotopic (exact) mass is 202 g/mol. The van der Waals surface area contributed by atoms with Crippen LogP contribution >= 0.6 is 11.8 Å². The highest BCUT2D eigenvalue weighted by Crippen LogP contribution is 2.42. The molecule has 0 aromatic heterocycles. The van der Waals surface area contributed by atoms with E-state index in [1.807, 2.05) is 18.7 Å². The minimum Gasteiger partial charge on any atom is -0.481 e. The topological polar surface area (TPSA) is 37.3 Å². The summed E-state index contributed by atoms with van der Waals surface area (Å²) in [6.07, 6.45) is 1.05. The molecule has 0 aromatic rings. The maximum atomic E-state index is 10.9. The van der Waals surface area contributed by atoms with Crippen LogP contribution < -0.4 is 0 Å². The molecule has 0 bridgehead atoms. The summed E-state index contributed by atoms with van der Waals surface area (Å²) in [6.45, 7) is 6.21. The second-order valence-corrected chi connectivity index (χ2v) is 5.67. The van der Waals surface area contributed by atoms with Crippen LogP contribution in [0.15, 0.2) is 0 Å². The molecular weight excluding hydrogens is 184 g/mol. The molecule has 2 atom stereocenters. The Morgan fingerprint density at radius 3 is 2.69 bits per heavy atom. The molecule has 0 aliphatic carbocycles. The number of carboxylic acid groups (broad SMARTS) is 1. The minimum atomic E-state index is -0.648. The Bertz CT molecular complexity index is 201. The lowest BCUT2D eigenvalue weighted by Gasteiger charge is -2.40. The summed E-state index contributed by atoms with van der Waals surface area (Å²) in [4.78, 5) is 10.9. The van der Waals surface area contributed by atoms with Gasteiger partial charge in [-0.3, -0.25) is 4.79 Å². The zero-order chi connectivity index (χ0) is 10.1. The first-order valence-electron chi connectivity index (χ1n) is 4.75. The van der Waals surface area contributed by atoms with E-state index in [1.54, 1.807) is 0 Å². The summed E-state index contributed by atoms with van der Waals surface area (Å²) in [6, 6.07) is 0. The van der Waals surface area contributed by atoms with Crippen molar-refractivity contribution in [2.24, 2.45) is 17.3 Å². The number of carboxylic acids is 1. The minimum absolute atomic E-state index is 0.181. The molecule has 2 unspecified atom stereocenters. The van der Waals surface area contributed by atoms with Crippen LogP contribution in [0.3, 0.4) is 0 Å². The van der Waals surface area contributed by atoms with Gasteiger partial charge in [0.25, 0.3) is 0 Å². The van der Waals surface area contributed by atoms with Gasteiger partial charge in [-0.2, -0.15) is 11.8 Å². The molecule has 0 saturated carbocycles. The summed E-state index contributed by atoms with van der Waals surface area (Å²) in [5, 5.41) is 8.96. The van der Waals surface area contributed by atoms with E-state index in [0.29, 0.717) is 5.92 Å². The number of thioether (sulfide) groups is 1. The van der Waals surface area contributed by atoms with Gasteiger partial charge in [-0.25, -0.2) is 0 Å². The quantitative estimate of drug-likeness (QED) is 0.747. The van der Waals surface area contributed by atoms with E-state index in [2.05, 4.69) is 13.8 Å². The van der Waals surface area contributed by atoms with Crippen molar-refractivity contribution in [2.75, 3.05) is 11.5 Å². The van der Waals surface area contributed by atoms with Gasteiger partial charge in [0.05, 0.1) is 5.92 Å². The molecule has 1 heterocycles. The summed E-state index contributed by atoms with van der Waals surface area (Å²) >= 11 is 1.94. The Hall–Kier alpha value is -0.180. The molecule has 1 saturated heterocycles.